The molecule has 0 aliphatic heterocycles. The van der Waals surface area contributed by atoms with Crippen LogP contribution in [0.1, 0.15) is 6.92 Å². The van der Waals surface area contributed by atoms with Crippen molar-refractivity contribution < 1.29 is 4.79 Å². The molecule has 0 atom stereocenters. The Morgan fingerprint density at radius 1 is 2.00 bits per heavy atom. The molecule has 0 fully saturated rings. The average molecular weight is 176 g/mol. The van der Waals surface area contributed by atoms with Gasteiger partial charge in [0.2, 0.25) is 6.08 Å². The van der Waals surface area contributed by atoms with Crippen LogP contribution >= 0.6 is 15.9 Å². The lowest BCUT2D eigenvalue weighted by Gasteiger charge is -1.83. The molecular formula is C5H6BrNO. The normalized spacial score (nSPS) is 10.5. The van der Waals surface area contributed by atoms with Crippen molar-refractivity contribution in [1.29, 1.82) is 0 Å². The van der Waals surface area contributed by atoms with Crippen molar-refractivity contribution in [2.75, 3.05) is 6.54 Å². The van der Waals surface area contributed by atoms with Gasteiger partial charge in [-0.3, -0.25) is 0 Å². The van der Waals surface area contributed by atoms with E-state index in [0.29, 0.717) is 6.54 Å². The molecule has 44 valence electrons. The van der Waals surface area contributed by atoms with E-state index >= 15 is 0 Å². The molecule has 0 amide bonds. The molecule has 0 aromatic rings. The third-order valence-corrected chi connectivity index (χ3v) is 1.32. The molecule has 0 radical (unpaired) electrons. The number of hydrogen-bond donors (Lipinski definition) is 0. The predicted octanol–water partition coefficient (Wildman–Crippen LogP) is 1.62. The van der Waals surface area contributed by atoms with Crippen molar-refractivity contribution in [3.63, 3.8) is 0 Å². The minimum Gasteiger partial charge on any atom is -0.211 e. The van der Waals surface area contributed by atoms with Gasteiger partial charge in [-0.05, 0) is 6.92 Å². The third-order valence-electron chi connectivity index (χ3n) is 0.608. The zero-order chi connectivity index (χ0) is 6.41. The predicted molar refractivity (Wildman–Crippen MR) is 35.7 cm³/mol. The Hall–Kier alpha value is -0.400. The van der Waals surface area contributed by atoms with E-state index in [0.717, 1.165) is 4.48 Å². The second-order valence-corrected chi connectivity index (χ2v) is 2.16. The maximum atomic E-state index is 9.49. The zero-order valence-corrected chi connectivity index (χ0v) is 6.10. The highest BCUT2D eigenvalue weighted by Crippen LogP contribution is 2.02. The minimum atomic E-state index is 0.403. The first-order chi connectivity index (χ1) is 3.81. The first-order valence-corrected chi connectivity index (χ1v) is 2.95. The van der Waals surface area contributed by atoms with Crippen LogP contribution in [0.25, 0.3) is 0 Å². The van der Waals surface area contributed by atoms with Gasteiger partial charge in [0.05, 0.1) is 6.54 Å². The SMILES string of the molecule is CC=C(Br)CN=C=O. The molecule has 0 aliphatic carbocycles. The Morgan fingerprint density at radius 3 is 3.00 bits per heavy atom. The molecule has 0 N–H and O–H groups in total. The fraction of sp³-hybridized carbons (Fsp3) is 0.400. The first-order valence-electron chi connectivity index (χ1n) is 2.15. The number of halogens is 1. The minimum absolute atomic E-state index is 0.403. The number of aliphatic imine (C=N–C) groups is 1. The Labute approximate surface area is 56.4 Å². The van der Waals surface area contributed by atoms with Gasteiger partial charge in [-0.15, -0.1) is 0 Å². The summed E-state index contributed by atoms with van der Waals surface area (Å²) in [6.07, 6.45) is 3.27. The van der Waals surface area contributed by atoms with Crippen LogP contribution in [0.4, 0.5) is 0 Å². The summed E-state index contributed by atoms with van der Waals surface area (Å²) in [5, 5.41) is 0. The van der Waals surface area contributed by atoms with Crippen LogP contribution in [-0.4, -0.2) is 12.6 Å². The summed E-state index contributed by atoms with van der Waals surface area (Å²) in [5.41, 5.74) is 0. The van der Waals surface area contributed by atoms with E-state index in [2.05, 4.69) is 20.9 Å². The maximum Gasteiger partial charge on any atom is 0.235 e. The van der Waals surface area contributed by atoms with Gasteiger partial charge in [0, 0.05) is 4.48 Å². The maximum absolute atomic E-state index is 9.49. The lowest BCUT2D eigenvalue weighted by atomic mass is 10.5. The van der Waals surface area contributed by atoms with Gasteiger partial charge in [0.1, 0.15) is 0 Å². The van der Waals surface area contributed by atoms with Crippen molar-refractivity contribution in [2.24, 2.45) is 4.99 Å². The molecule has 0 aliphatic rings. The summed E-state index contributed by atoms with van der Waals surface area (Å²) in [6, 6.07) is 0. The Morgan fingerprint density at radius 2 is 2.62 bits per heavy atom. The van der Waals surface area contributed by atoms with E-state index in [1.165, 1.54) is 6.08 Å². The van der Waals surface area contributed by atoms with Gasteiger partial charge >= 0.3 is 0 Å². The van der Waals surface area contributed by atoms with E-state index in [1.54, 1.807) is 0 Å². The standard InChI is InChI=1S/C5H6BrNO/c1-2-5(6)3-7-4-8/h2H,3H2,1H3. The van der Waals surface area contributed by atoms with Crippen LogP contribution in [0.3, 0.4) is 0 Å². The number of carbonyl (C=O) groups excluding carboxylic acids is 1. The first kappa shape index (κ1) is 7.60. The highest BCUT2D eigenvalue weighted by Gasteiger charge is 1.82. The summed E-state index contributed by atoms with van der Waals surface area (Å²) >= 11 is 3.17. The Bertz CT molecular complexity index is 135. The molecule has 8 heavy (non-hydrogen) atoms. The van der Waals surface area contributed by atoms with Crippen LogP contribution in [0.15, 0.2) is 15.6 Å². The molecule has 0 spiro atoms. The lowest BCUT2D eigenvalue weighted by molar-refractivity contribution is 0.564. The number of nitrogens with zero attached hydrogens (tertiary/aromatic N) is 1. The fourth-order valence-corrected chi connectivity index (χ4v) is 0.324. The third kappa shape index (κ3) is 3.78. The van der Waals surface area contributed by atoms with Crippen molar-refractivity contribution in [3.8, 4) is 0 Å². The zero-order valence-electron chi connectivity index (χ0n) is 4.52. The molecule has 0 aromatic heterocycles. The van der Waals surface area contributed by atoms with Gasteiger partial charge in [-0.1, -0.05) is 22.0 Å². The molecule has 0 bridgehead atoms. The number of rotatable bonds is 2. The Kier molecular flexibility index (Phi) is 4.51. The monoisotopic (exact) mass is 175 g/mol. The molecular weight excluding hydrogens is 170 g/mol. The van der Waals surface area contributed by atoms with Gasteiger partial charge < -0.3 is 0 Å². The second kappa shape index (κ2) is 4.75. The van der Waals surface area contributed by atoms with Gasteiger partial charge in [0.15, 0.2) is 0 Å². The summed E-state index contributed by atoms with van der Waals surface area (Å²) in [6.45, 7) is 2.27. The smallest absolute Gasteiger partial charge is 0.211 e. The molecule has 3 heteroatoms. The molecule has 0 heterocycles. The van der Waals surface area contributed by atoms with Crippen molar-refractivity contribution in [3.05, 3.63) is 10.6 Å². The van der Waals surface area contributed by atoms with E-state index in [1.807, 2.05) is 13.0 Å². The molecule has 0 aromatic carbocycles. The lowest BCUT2D eigenvalue weighted by Crippen LogP contribution is -1.74. The number of allylic oxidation sites excluding steroid dienone is 1. The topological polar surface area (TPSA) is 29.4 Å². The highest BCUT2D eigenvalue weighted by atomic mass is 79.9. The molecule has 0 saturated heterocycles. The van der Waals surface area contributed by atoms with Crippen molar-refractivity contribution >= 4 is 22.0 Å². The van der Waals surface area contributed by atoms with E-state index in [4.69, 9.17) is 0 Å². The molecule has 0 saturated carbocycles. The quantitative estimate of drug-likeness (QED) is 0.464. The fourth-order valence-electron chi connectivity index (χ4n) is 0.199. The van der Waals surface area contributed by atoms with Crippen molar-refractivity contribution in [2.45, 2.75) is 6.92 Å². The van der Waals surface area contributed by atoms with Crippen LogP contribution < -0.4 is 0 Å². The van der Waals surface area contributed by atoms with E-state index in [9.17, 15) is 4.79 Å². The van der Waals surface area contributed by atoms with Crippen molar-refractivity contribution in [1.82, 2.24) is 0 Å². The summed E-state index contributed by atoms with van der Waals surface area (Å²) in [7, 11) is 0. The van der Waals surface area contributed by atoms with Gasteiger partial charge in [-0.2, -0.15) is 0 Å². The molecule has 0 rings (SSSR count). The number of hydrogen-bond acceptors (Lipinski definition) is 2. The van der Waals surface area contributed by atoms with Crippen LogP contribution in [-0.2, 0) is 4.79 Å². The molecule has 0 unspecified atom stereocenters. The van der Waals surface area contributed by atoms with Gasteiger partial charge in [-0.25, -0.2) is 9.79 Å². The average Bonchev–Trinajstić information content (AvgIpc) is 1.83. The van der Waals surface area contributed by atoms with Crippen LogP contribution in [0.2, 0.25) is 0 Å². The summed E-state index contributed by atoms with van der Waals surface area (Å²) in [5.74, 6) is 0. The molecule has 2 nitrogen and oxygen atoms in total. The van der Waals surface area contributed by atoms with Crippen LogP contribution in [0.5, 0.6) is 0 Å². The van der Waals surface area contributed by atoms with Gasteiger partial charge in [0.25, 0.3) is 0 Å². The Balaban J connectivity index is 3.55. The van der Waals surface area contributed by atoms with Crippen LogP contribution in [0, 0.1) is 0 Å². The number of isocyanates is 1. The highest BCUT2D eigenvalue weighted by molar-refractivity contribution is 9.11. The van der Waals surface area contributed by atoms with E-state index < -0.39 is 0 Å². The second-order valence-electron chi connectivity index (χ2n) is 1.14. The van der Waals surface area contributed by atoms with E-state index in [-0.39, 0.29) is 0 Å². The largest absolute Gasteiger partial charge is 0.235 e. The summed E-state index contributed by atoms with van der Waals surface area (Å²) in [4.78, 5) is 12.8. The summed E-state index contributed by atoms with van der Waals surface area (Å²) < 4.78 is 0.904.